The molecule has 1 aromatic carbocycles. The van der Waals surface area contributed by atoms with E-state index in [0.29, 0.717) is 0 Å². The van der Waals surface area contributed by atoms with Gasteiger partial charge < -0.3 is 10.6 Å². The van der Waals surface area contributed by atoms with Crippen LogP contribution in [0.15, 0.2) is 40.9 Å². The Morgan fingerprint density at radius 3 is 2.79 bits per heavy atom. The first-order valence-electron chi connectivity index (χ1n) is 5.88. The fourth-order valence-corrected chi connectivity index (χ4v) is 1.82. The normalized spacial score (nSPS) is 11.0. The van der Waals surface area contributed by atoms with Crippen molar-refractivity contribution in [2.24, 2.45) is 0 Å². The Kier molecular flexibility index (Phi) is 5.97. The van der Waals surface area contributed by atoms with E-state index in [1.54, 1.807) is 11.8 Å². The van der Waals surface area contributed by atoms with E-state index in [4.69, 9.17) is 5.26 Å². The van der Waals surface area contributed by atoms with Gasteiger partial charge in [0.2, 0.25) is 0 Å². The molecule has 0 aliphatic carbocycles. The lowest BCUT2D eigenvalue weighted by Gasteiger charge is -2.08. The average molecular weight is 275 g/mol. The molecule has 4 nitrogen and oxygen atoms in total. The first-order valence-corrected chi connectivity index (χ1v) is 7.11. The Bertz CT molecular complexity index is 518. The molecule has 0 radical (unpaired) electrons. The van der Waals surface area contributed by atoms with Gasteiger partial charge in [-0.05, 0) is 38.3 Å². The second-order valence-electron chi connectivity index (χ2n) is 4.17. The van der Waals surface area contributed by atoms with Crippen LogP contribution in [0.2, 0.25) is 0 Å². The summed E-state index contributed by atoms with van der Waals surface area (Å²) in [6.07, 6.45) is 3.42. The number of carbonyl (C=O) groups is 1. The molecule has 0 atom stereocenters. The van der Waals surface area contributed by atoms with Crippen molar-refractivity contribution in [2.45, 2.75) is 24.8 Å². The van der Waals surface area contributed by atoms with Crippen molar-refractivity contribution >= 4 is 23.4 Å². The van der Waals surface area contributed by atoms with Crippen molar-refractivity contribution in [2.75, 3.05) is 11.6 Å². The number of thioether (sulfide) groups is 1. The van der Waals surface area contributed by atoms with Gasteiger partial charge in [-0.15, -0.1) is 11.8 Å². The van der Waals surface area contributed by atoms with Gasteiger partial charge in [-0.1, -0.05) is 6.07 Å². The molecule has 0 spiro atoms. The molecule has 0 unspecified atom stereocenters. The van der Waals surface area contributed by atoms with Crippen molar-refractivity contribution < 1.29 is 4.79 Å². The molecule has 0 heterocycles. The fourth-order valence-electron chi connectivity index (χ4n) is 1.36. The molecule has 1 amide bonds. The Morgan fingerprint density at radius 2 is 2.21 bits per heavy atom. The molecule has 2 N–H and O–H groups in total. The number of nitrogens with zero attached hydrogens (tertiary/aromatic N) is 1. The number of hydrogen-bond acceptors (Lipinski definition) is 4. The van der Waals surface area contributed by atoms with Gasteiger partial charge in [0.05, 0.1) is 0 Å². The highest BCUT2D eigenvalue weighted by Gasteiger charge is 2.09. The van der Waals surface area contributed by atoms with Crippen molar-refractivity contribution in [3.8, 4) is 6.07 Å². The van der Waals surface area contributed by atoms with Gasteiger partial charge in [-0.2, -0.15) is 5.26 Å². The summed E-state index contributed by atoms with van der Waals surface area (Å²) in [6.45, 7) is 3.70. The molecule has 0 aliphatic heterocycles. The minimum atomic E-state index is -0.369. The van der Waals surface area contributed by atoms with Crippen LogP contribution in [0.5, 0.6) is 0 Å². The molecule has 5 heteroatoms. The van der Waals surface area contributed by atoms with E-state index < -0.39 is 0 Å². The second kappa shape index (κ2) is 7.49. The first-order chi connectivity index (χ1) is 9.06. The number of anilines is 1. The van der Waals surface area contributed by atoms with Gasteiger partial charge in [0.15, 0.2) is 0 Å². The Morgan fingerprint density at radius 1 is 1.47 bits per heavy atom. The number of benzene rings is 1. The lowest BCUT2D eigenvalue weighted by molar-refractivity contribution is -0.117. The third-order valence-corrected chi connectivity index (χ3v) is 2.96. The standard InChI is InChI=1S/C14H17N3OS/c1-10(2)17-14(18)11(8-15)9-16-12-5-4-6-13(7-12)19-3/h4-7,9-10,16H,1-3H3,(H,17,18)/b11-9-. The molecule has 19 heavy (non-hydrogen) atoms. The molecule has 0 saturated carbocycles. The molecule has 0 aliphatic rings. The number of hydrogen-bond donors (Lipinski definition) is 2. The maximum Gasteiger partial charge on any atom is 0.263 e. The van der Waals surface area contributed by atoms with Crippen molar-refractivity contribution in [1.82, 2.24) is 5.32 Å². The zero-order valence-corrected chi connectivity index (χ0v) is 12.0. The van der Waals surface area contributed by atoms with Gasteiger partial charge in [0, 0.05) is 22.8 Å². The van der Waals surface area contributed by atoms with E-state index in [-0.39, 0.29) is 17.5 Å². The quantitative estimate of drug-likeness (QED) is 0.492. The number of nitriles is 1. The van der Waals surface area contributed by atoms with Crippen LogP contribution >= 0.6 is 11.8 Å². The lowest BCUT2D eigenvalue weighted by atomic mass is 10.2. The van der Waals surface area contributed by atoms with Crippen LogP contribution in [0, 0.1) is 11.3 Å². The third-order valence-electron chi connectivity index (χ3n) is 2.24. The van der Waals surface area contributed by atoms with Crippen LogP contribution in [0.1, 0.15) is 13.8 Å². The minimum Gasteiger partial charge on any atom is -0.360 e. The lowest BCUT2D eigenvalue weighted by Crippen LogP contribution is -2.31. The van der Waals surface area contributed by atoms with E-state index in [1.165, 1.54) is 6.20 Å². The van der Waals surface area contributed by atoms with E-state index in [9.17, 15) is 4.79 Å². The molecule has 0 bridgehead atoms. The molecule has 0 saturated heterocycles. The molecule has 100 valence electrons. The predicted molar refractivity (Wildman–Crippen MR) is 78.8 cm³/mol. The van der Waals surface area contributed by atoms with E-state index in [2.05, 4.69) is 10.6 Å². The Labute approximate surface area is 117 Å². The van der Waals surface area contributed by atoms with Crippen LogP contribution in [0.25, 0.3) is 0 Å². The van der Waals surface area contributed by atoms with Gasteiger partial charge in [-0.3, -0.25) is 4.79 Å². The minimum absolute atomic E-state index is 0.00377. The maximum atomic E-state index is 11.7. The molecular formula is C14H17N3OS. The first kappa shape index (κ1) is 15.1. The number of nitrogens with one attached hydrogen (secondary N) is 2. The SMILES string of the molecule is CSc1cccc(N/C=C(/C#N)C(=O)NC(C)C)c1. The fraction of sp³-hybridized carbons (Fsp3) is 0.286. The largest absolute Gasteiger partial charge is 0.360 e. The monoisotopic (exact) mass is 275 g/mol. The van der Waals surface area contributed by atoms with Gasteiger partial charge in [0.25, 0.3) is 5.91 Å². The summed E-state index contributed by atoms with van der Waals surface area (Å²) in [5.74, 6) is -0.369. The summed E-state index contributed by atoms with van der Waals surface area (Å²) in [7, 11) is 0. The van der Waals surface area contributed by atoms with Crippen molar-refractivity contribution in [3.63, 3.8) is 0 Å². The Balaban J connectivity index is 2.77. The summed E-state index contributed by atoms with van der Waals surface area (Å²) < 4.78 is 0. The summed E-state index contributed by atoms with van der Waals surface area (Å²) in [5.41, 5.74) is 0.903. The average Bonchev–Trinajstić information content (AvgIpc) is 2.39. The van der Waals surface area contributed by atoms with Crippen LogP contribution in [-0.2, 0) is 4.79 Å². The third kappa shape index (κ3) is 5.06. The predicted octanol–water partition coefficient (Wildman–Crippen LogP) is 2.75. The Hall–Kier alpha value is -1.93. The van der Waals surface area contributed by atoms with Crippen LogP contribution in [0.4, 0.5) is 5.69 Å². The summed E-state index contributed by atoms with van der Waals surface area (Å²) in [6, 6.07) is 9.64. The van der Waals surface area contributed by atoms with Crippen LogP contribution in [0.3, 0.4) is 0 Å². The van der Waals surface area contributed by atoms with Crippen LogP contribution in [-0.4, -0.2) is 18.2 Å². The molecule has 0 fully saturated rings. The highest BCUT2D eigenvalue weighted by Crippen LogP contribution is 2.19. The second-order valence-corrected chi connectivity index (χ2v) is 5.05. The zero-order valence-electron chi connectivity index (χ0n) is 11.2. The number of amides is 1. The topological polar surface area (TPSA) is 64.9 Å². The van der Waals surface area contributed by atoms with E-state index in [0.717, 1.165) is 10.6 Å². The number of carbonyl (C=O) groups excluding carboxylic acids is 1. The van der Waals surface area contributed by atoms with Crippen LogP contribution < -0.4 is 10.6 Å². The highest BCUT2D eigenvalue weighted by molar-refractivity contribution is 7.98. The summed E-state index contributed by atoms with van der Waals surface area (Å²) in [4.78, 5) is 12.8. The van der Waals surface area contributed by atoms with Gasteiger partial charge in [0.1, 0.15) is 11.6 Å². The zero-order chi connectivity index (χ0) is 14.3. The maximum absolute atomic E-state index is 11.7. The van der Waals surface area contributed by atoms with Gasteiger partial charge in [-0.25, -0.2) is 0 Å². The summed E-state index contributed by atoms with van der Waals surface area (Å²) >= 11 is 1.63. The smallest absolute Gasteiger partial charge is 0.263 e. The molecular weight excluding hydrogens is 258 g/mol. The van der Waals surface area contributed by atoms with E-state index in [1.807, 2.05) is 50.4 Å². The molecule has 1 aromatic rings. The molecule has 0 aromatic heterocycles. The van der Waals surface area contributed by atoms with Gasteiger partial charge >= 0.3 is 0 Å². The molecule has 1 rings (SSSR count). The van der Waals surface area contributed by atoms with Crippen molar-refractivity contribution in [1.29, 1.82) is 5.26 Å². The number of rotatable bonds is 5. The summed E-state index contributed by atoms with van der Waals surface area (Å²) in [5, 5.41) is 14.6. The van der Waals surface area contributed by atoms with E-state index >= 15 is 0 Å². The highest BCUT2D eigenvalue weighted by atomic mass is 32.2. The van der Waals surface area contributed by atoms with Crippen molar-refractivity contribution in [3.05, 3.63) is 36.0 Å².